The van der Waals surface area contributed by atoms with Crippen LogP contribution in [-0.2, 0) is 23.9 Å². The van der Waals surface area contributed by atoms with Crippen molar-refractivity contribution in [3.05, 3.63) is 0 Å². The Kier molecular flexibility index (Phi) is 9.70. The van der Waals surface area contributed by atoms with E-state index in [1.54, 1.807) is 0 Å². The first-order valence-corrected chi connectivity index (χ1v) is 10.2. The molecule has 8 heteroatoms. The standard InChI is InChI=1S/C17H29IN2O5/c1-10(2)5-7-19-15(21)12(9-11(3)4)20-16(22)13-14(25-13)17(23)24-8-6-18/h10-14H,5-9H2,1-4H3,(H,19,21)(H,20,22)/t12-,13-,14-/m0/s1. The molecular formula is C17H29IN2O5. The average Bonchev–Trinajstić information content (AvgIpc) is 3.31. The van der Waals surface area contributed by atoms with Crippen LogP contribution in [0, 0.1) is 11.8 Å². The molecule has 144 valence electrons. The minimum absolute atomic E-state index is 0.201. The van der Waals surface area contributed by atoms with Gasteiger partial charge in [0.1, 0.15) is 12.6 Å². The van der Waals surface area contributed by atoms with Gasteiger partial charge in [0.25, 0.3) is 5.91 Å². The third-order valence-electron chi connectivity index (χ3n) is 3.66. The lowest BCUT2D eigenvalue weighted by molar-refractivity contribution is -0.144. The van der Waals surface area contributed by atoms with Crippen LogP contribution in [0.15, 0.2) is 0 Å². The lowest BCUT2D eigenvalue weighted by Gasteiger charge is -2.20. The number of ether oxygens (including phenoxy) is 2. The average molecular weight is 468 g/mol. The molecule has 0 aromatic carbocycles. The lowest BCUT2D eigenvalue weighted by atomic mass is 10.0. The van der Waals surface area contributed by atoms with Crippen LogP contribution in [0.4, 0.5) is 0 Å². The third-order valence-corrected chi connectivity index (χ3v) is 4.11. The van der Waals surface area contributed by atoms with Crippen molar-refractivity contribution in [3.8, 4) is 0 Å². The molecular weight excluding hydrogens is 439 g/mol. The van der Waals surface area contributed by atoms with Gasteiger partial charge in [-0.05, 0) is 24.7 Å². The summed E-state index contributed by atoms with van der Waals surface area (Å²) >= 11 is 2.09. The summed E-state index contributed by atoms with van der Waals surface area (Å²) in [7, 11) is 0. The molecule has 7 nitrogen and oxygen atoms in total. The molecule has 2 amide bonds. The Balaban J connectivity index is 2.50. The van der Waals surface area contributed by atoms with Crippen molar-refractivity contribution in [3.63, 3.8) is 0 Å². The predicted octanol–water partition coefficient (Wildman–Crippen LogP) is 1.43. The van der Waals surface area contributed by atoms with E-state index < -0.39 is 30.1 Å². The zero-order valence-electron chi connectivity index (χ0n) is 15.3. The third kappa shape index (κ3) is 8.35. The summed E-state index contributed by atoms with van der Waals surface area (Å²) in [4.78, 5) is 36.3. The van der Waals surface area contributed by atoms with Crippen LogP contribution in [0.1, 0.15) is 40.5 Å². The van der Waals surface area contributed by atoms with Gasteiger partial charge in [0.15, 0.2) is 12.2 Å². The molecule has 2 N–H and O–H groups in total. The molecule has 0 aromatic rings. The minimum Gasteiger partial charge on any atom is -0.463 e. The van der Waals surface area contributed by atoms with Gasteiger partial charge in [0.2, 0.25) is 5.91 Å². The number of alkyl halides is 1. The van der Waals surface area contributed by atoms with Crippen molar-refractivity contribution in [1.29, 1.82) is 0 Å². The van der Waals surface area contributed by atoms with Crippen molar-refractivity contribution in [1.82, 2.24) is 10.6 Å². The van der Waals surface area contributed by atoms with E-state index in [1.807, 2.05) is 13.8 Å². The van der Waals surface area contributed by atoms with Gasteiger partial charge >= 0.3 is 5.97 Å². The van der Waals surface area contributed by atoms with Crippen LogP contribution in [-0.4, -0.2) is 53.6 Å². The highest BCUT2D eigenvalue weighted by Crippen LogP contribution is 2.24. The largest absolute Gasteiger partial charge is 0.463 e. The molecule has 0 saturated carbocycles. The first kappa shape index (κ1) is 22.1. The SMILES string of the molecule is CC(C)CCNC(=O)[C@H](CC(C)C)NC(=O)[C@H]1O[C@@H]1C(=O)OCCI. The smallest absolute Gasteiger partial charge is 0.338 e. The summed E-state index contributed by atoms with van der Waals surface area (Å²) in [5.74, 6) is -0.439. The van der Waals surface area contributed by atoms with Gasteiger partial charge in [-0.2, -0.15) is 0 Å². The zero-order chi connectivity index (χ0) is 19.0. The van der Waals surface area contributed by atoms with E-state index in [0.29, 0.717) is 29.9 Å². The van der Waals surface area contributed by atoms with Gasteiger partial charge in [0, 0.05) is 11.0 Å². The predicted molar refractivity (Wildman–Crippen MR) is 102 cm³/mol. The van der Waals surface area contributed by atoms with E-state index >= 15 is 0 Å². The molecule has 0 bridgehead atoms. The number of epoxide rings is 1. The Labute approximate surface area is 163 Å². The van der Waals surface area contributed by atoms with E-state index in [9.17, 15) is 14.4 Å². The fourth-order valence-corrected chi connectivity index (χ4v) is 2.50. The van der Waals surface area contributed by atoms with Crippen LogP contribution in [0.5, 0.6) is 0 Å². The van der Waals surface area contributed by atoms with Crippen molar-refractivity contribution < 1.29 is 23.9 Å². The van der Waals surface area contributed by atoms with Crippen molar-refractivity contribution in [2.45, 2.75) is 58.8 Å². The van der Waals surface area contributed by atoms with E-state index in [4.69, 9.17) is 9.47 Å². The summed E-state index contributed by atoms with van der Waals surface area (Å²) in [5.41, 5.74) is 0. The summed E-state index contributed by atoms with van der Waals surface area (Å²) in [6.45, 7) is 9.01. The van der Waals surface area contributed by atoms with Crippen LogP contribution in [0.3, 0.4) is 0 Å². The summed E-state index contributed by atoms with van der Waals surface area (Å²) in [6.07, 6.45) is -0.313. The molecule has 1 heterocycles. The van der Waals surface area contributed by atoms with Gasteiger partial charge in [-0.3, -0.25) is 9.59 Å². The number of hydrogen-bond donors (Lipinski definition) is 2. The molecule has 1 fully saturated rings. The van der Waals surface area contributed by atoms with Crippen LogP contribution in [0.25, 0.3) is 0 Å². The number of esters is 1. The molecule has 0 aromatic heterocycles. The Morgan fingerprint density at radius 1 is 1.12 bits per heavy atom. The number of nitrogens with one attached hydrogen (secondary N) is 2. The van der Waals surface area contributed by atoms with Gasteiger partial charge < -0.3 is 20.1 Å². The van der Waals surface area contributed by atoms with Crippen molar-refractivity contribution in [2.75, 3.05) is 17.6 Å². The lowest BCUT2D eigenvalue weighted by Crippen LogP contribution is -2.49. The van der Waals surface area contributed by atoms with Crippen LogP contribution >= 0.6 is 22.6 Å². The quantitative estimate of drug-likeness (QED) is 0.207. The molecule has 0 unspecified atom stereocenters. The first-order chi connectivity index (χ1) is 11.8. The Morgan fingerprint density at radius 3 is 2.36 bits per heavy atom. The Bertz CT molecular complexity index is 470. The summed E-state index contributed by atoms with van der Waals surface area (Å²) < 4.78 is 10.8. The van der Waals surface area contributed by atoms with Crippen LogP contribution in [0.2, 0.25) is 0 Å². The second-order valence-corrected chi connectivity index (χ2v) is 8.08. The minimum atomic E-state index is -0.861. The first-order valence-electron chi connectivity index (χ1n) is 8.72. The maximum absolute atomic E-state index is 12.3. The fourth-order valence-electron chi connectivity index (χ4n) is 2.28. The maximum atomic E-state index is 12.3. The highest BCUT2D eigenvalue weighted by Gasteiger charge is 2.52. The van der Waals surface area contributed by atoms with E-state index in [1.165, 1.54) is 0 Å². The highest BCUT2D eigenvalue weighted by atomic mass is 127. The Hall–Kier alpha value is -0.900. The molecule has 3 atom stereocenters. The number of halogens is 1. The van der Waals surface area contributed by atoms with Gasteiger partial charge in [-0.15, -0.1) is 0 Å². The molecule has 0 aliphatic carbocycles. The maximum Gasteiger partial charge on any atom is 0.338 e. The van der Waals surface area contributed by atoms with Gasteiger partial charge in [0.05, 0.1) is 0 Å². The highest BCUT2D eigenvalue weighted by molar-refractivity contribution is 14.1. The van der Waals surface area contributed by atoms with Crippen LogP contribution < -0.4 is 10.6 Å². The fraction of sp³-hybridized carbons (Fsp3) is 0.824. The topological polar surface area (TPSA) is 97.0 Å². The molecule has 0 radical (unpaired) electrons. The van der Waals surface area contributed by atoms with E-state index in [-0.39, 0.29) is 11.8 Å². The van der Waals surface area contributed by atoms with E-state index in [0.717, 1.165) is 6.42 Å². The van der Waals surface area contributed by atoms with E-state index in [2.05, 4.69) is 47.1 Å². The molecule has 1 aliphatic rings. The number of rotatable bonds is 11. The molecule has 0 spiro atoms. The molecule has 1 aliphatic heterocycles. The second kappa shape index (κ2) is 10.9. The van der Waals surface area contributed by atoms with Gasteiger partial charge in [-0.25, -0.2) is 4.79 Å². The number of carbonyl (C=O) groups excluding carboxylic acids is 3. The van der Waals surface area contributed by atoms with Crippen molar-refractivity contribution in [2.24, 2.45) is 11.8 Å². The summed E-state index contributed by atoms with van der Waals surface area (Å²) in [5, 5.41) is 5.56. The van der Waals surface area contributed by atoms with Crippen molar-refractivity contribution >= 4 is 40.4 Å². The monoisotopic (exact) mass is 468 g/mol. The van der Waals surface area contributed by atoms with Gasteiger partial charge in [-0.1, -0.05) is 50.3 Å². The number of amides is 2. The normalized spacial score (nSPS) is 20.3. The molecule has 1 saturated heterocycles. The second-order valence-electron chi connectivity index (χ2n) is 7.00. The Morgan fingerprint density at radius 2 is 1.80 bits per heavy atom. The zero-order valence-corrected chi connectivity index (χ0v) is 17.5. The summed E-state index contributed by atoms with van der Waals surface area (Å²) in [6, 6.07) is -0.630. The molecule has 25 heavy (non-hydrogen) atoms. The molecule has 1 rings (SSSR count). The number of carbonyl (C=O) groups is 3. The number of hydrogen-bond acceptors (Lipinski definition) is 5.